The Balaban J connectivity index is 1.78. The molecule has 3 aliphatic rings. The maximum Gasteiger partial charge on any atom is 0.494 e. The third-order valence-electron chi connectivity index (χ3n) is 4.82. The van der Waals surface area contributed by atoms with E-state index >= 15 is 0 Å². The summed E-state index contributed by atoms with van der Waals surface area (Å²) in [6.07, 6.45) is 9.13. The van der Waals surface area contributed by atoms with Crippen molar-refractivity contribution in [2.45, 2.75) is 57.8 Å². The van der Waals surface area contributed by atoms with E-state index in [9.17, 15) is 0 Å². The molecule has 19 heavy (non-hydrogen) atoms. The summed E-state index contributed by atoms with van der Waals surface area (Å²) in [6.45, 7) is 9.24. The molecule has 2 atom stereocenters. The van der Waals surface area contributed by atoms with Crippen LogP contribution in [0, 0.1) is 5.92 Å². The van der Waals surface area contributed by atoms with E-state index in [0.29, 0.717) is 5.92 Å². The van der Waals surface area contributed by atoms with Crippen molar-refractivity contribution < 1.29 is 14.0 Å². The molecular formula is C15H23BO3. The zero-order chi connectivity index (χ0) is 13.7. The number of allylic oxidation sites excluding steroid dienone is 2. The first-order valence-electron chi connectivity index (χ1n) is 7.26. The Morgan fingerprint density at radius 3 is 2.53 bits per heavy atom. The second-order valence-electron chi connectivity index (χ2n) is 6.76. The smallest absolute Gasteiger partial charge is 0.399 e. The highest BCUT2D eigenvalue weighted by atomic mass is 16.7. The van der Waals surface area contributed by atoms with Crippen LogP contribution < -0.4 is 0 Å². The van der Waals surface area contributed by atoms with E-state index in [-0.39, 0.29) is 24.4 Å². The van der Waals surface area contributed by atoms with Crippen molar-refractivity contribution in [1.82, 2.24) is 0 Å². The van der Waals surface area contributed by atoms with Crippen LogP contribution in [-0.4, -0.2) is 31.0 Å². The van der Waals surface area contributed by atoms with Crippen molar-refractivity contribution in [3.05, 3.63) is 23.7 Å². The molecule has 2 unspecified atom stereocenters. The summed E-state index contributed by atoms with van der Waals surface area (Å²) in [6, 6.07) is 0. The summed E-state index contributed by atoms with van der Waals surface area (Å²) in [5.41, 5.74) is 0.601. The quantitative estimate of drug-likeness (QED) is 0.680. The number of ether oxygens (including phenoxy) is 1. The van der Waals surface area contributed by atoms with Gasteiger partial charge in [-0.05, 0) is 46.0 Å². The summed E-state index contributed by atoms with van der Waals surface area (Å²) >= 11 is 0. The fourth-order valence-electron chi connectivity index (χ4n) is 2.85. The van der Waals surface area contributed by atoms with Crippen molar-refractivity contribution in [3.8, 4) is 0 Å². The molecule has 2 saturated heterocycles. The minimum atomic E-state index is -0.272. The Kier molecular flexibility index (Phi) is 3.16. The fraction of sp³-hybridized carbons (Fsp3) is 0.733. The van der Waals surface area contributed by atoms with E-state index in [0.717, 1.165) is 18.5 Å². The summed E-state index contributed by atoms with van der Waals surface area (Å²) in [7, 11) is -0.246. The highest BCUT2D eigenvalue weighted by Gasteiger charge is 2.52. The van der Waals surface area contributed by atoms with Crippen molar-refractivity contribution in [3.63, 3.8) is 0 Å². The molecule has 0 bridgehead atoms. The van der Waals surface area contributed by atoms with Gasteiger partial charge in [0.1, 0.15) is 0 Å². The van der Waals surface area contributed by atoms with Gasteiger partial charge in [-0.15, -0.1) is 0 Å². The number of fused-ring (bicyclic) bond motifs is 1. The molecule has 0 spiro atoms. The molecule has 0 amide bonds. The molecule has 0 aromatic rings. The maximum atomic E-state index is 6.10. The lowest BCUT2D eigenvalue weighted by Gasteiger charge is -2.32. The van der Waals surface area contributed by atoms with Crippen LogP contribution in [0.5, 0.6) is 0 Å². The molecule has 0 radical (unpaired) electrons. The first-order chi connectivity index (χ1) is 8.89. The van der Waals surface area contributed by atoms with Gasteiger partial charge in [0.05, 0.1) is 17.3 Å². The van der Waals surface area contributed by atoms with Gasteiger partial charge in [-0.2, -0.15) is 0 Å². The lowest BCUT2D eigenvalue weighted by atomic mass is 9.72. The minimum Gasteiger partial charge on any atom is -0.399 e. The standard InChI is InChI=1S/C15H23BO3/c1-14(2)15(3,4)19-16(18-14)12-7-8-13-11(10-12)6-5-9-17-13/h7-8,10-11,13H,5-6,9H2,1-4H3. The number of hydrogen-bond donors (Lipinski definition) is 0. The number of rotatable bonds is 1. The predicted molar refractivity (Wildman–Crippen MR) is 75.8 cm³/mol. The van der Waals surface area contributed by atoms with Gasteiger partial charge in [-0.25, -0.2) is 0 Å². The molecule has 4 heteroatoms. The van der Waals surface area contributed by atoms with Gasteiger partial charge in [0.2, 0.25) is 0 Å². The van der Waals surface area contributed by atoms with E-state index in [1.165, 1.54) is 6.42 Å². The maximum absolute atomic E-state index is 6.10. The lowest BCUT2D eigenvalue weighted by Crippen LogP contribution is -2.41. The van der Waals surface area contributed by atoms with Crippen LogP contribution in [0.25, 0.3) is 0 Å². The molecule has 1 aliphatic carbocycles. The van der Waals surface area contributed by atoms with Crippen LogP contribution in [0.1, 0.15) is 40.5 Å². The summed E-state index contributed by atoms with van der Waals surface area (Å²) < 4.78 is 18.0. The molecule has 0 aromatic carbocycles. The average Bonchev–Trinajstić information content (AvgIpc) is 2.58. The van der Waals surface area contributed by atoms with Crippen LogP contribution in [0.2, 0.25) is 0 Å². The molecule has 3 nitrogen and oxygen atoms in total. The van der Waals surface area contributed by atoms with Gasteiger partial charge in [-0.1, -0.05) is 18.2 Å². The van der Waals surface area contributed by atoms with Crippen molar-refractivity contribution in [1.29, 1.82) is 0 Å². The van der Waals surface area contributed by atoms with Gasteiger partial charge < -0.3 is 14.0 Å². The van der Waals surface area contributed by atoms with Crippen LogP contribution in [0.4, 0.5) is 0 Å². The molecule has 0 saturated carbocycles. The highest BCUT2D eigenvalue weighted by Crippen LogP contribution is 2.40. The van der Waals surface area contributed by atoms with Crippen molar-refractivity contribution in [2.75, 3.05) is 6.61 Å². The average molecular weight is 262 g/mol. The predicted octanol–water partition coefficient (Wildman–Crippen LogP) is 2.91. The molecule has 104 valence electrons. The first-order valence-corrected chi connectivity index (χ1v) is 7.26. The van der Waals surface area contributed by atoms with E-state index < -0.39 is 0 Å². The zero-order valence-corrected chi connectivity index (χ0v) is 12.3. The van der Waals surface area contributed by atoms with E-state index in [2.05, 4.69) is 45.9 Å². The van der Waals surface area contributed by atoms with Gasteiger partial charge >= 0.3 is 7.12 Å². The fourth-order valence-corrected chi connectivity index (χ4v) is 2.85. The summed E-state index contributed by atoms with van der Waals surface area (Å²) in [5, 5.41) is 0. The van der Waals surface area contributed by atoms with Crippen molar-refractivity contribution >= 4 is 7.12 Å². The van der Waals surface area contributed by atoms with Gasteiger partial charge in [0.15, 0.2) is 0 Å². The van der Waals surface area contributed by atoms with Crippen LogP contribution in [0.15, 0.2) is 23.7 Å². The first kappa shape index (κ1) is 13.4. The molecule has 2 aliphatic heterocycles. The Bertz CT molecular complexity index is 409. The van der Waals surface area contributed by atoms with Crippen LogP contribution in [0.3, 0.4) is 0 Å². The monoisotopic (exact) mass is 262 g/mol. The molecule has 0 aromatic heterocycles. The highest BCUT2D eigenvalue weighted by molar-refractivity contribution is 6.55. The minimum absolute atomic E-state index is 0.246. The van der Waals surface area contributed by atoms with Gasteiger partial charge in [-0.3, -0.25) is 0 Å². The summed E-state index contributed by atoms with van der Waals surface area (Å²) in [4.78, 5) is 0. The molecular weight excluding hydrogens is 239 g/mol. The van der Waals surface area contributed by atoms with Gasteiger partial charge in [0.25, 0.3) is 0 Å². The Morgan fingerprint density at radius 2 is 1.84 bits per heavy atom. The second-order valence-corrected chi connectivity index (χ2v) is 6.76. The Labute approximate surface area is 116 Å². The zero-order valence-electron chi connectivity index (χ0n) is 12.3. The Morgan fingerprint density at radius 1 is 1.16 bits per heavy atom. The lowest BCUT2D eigenvalue weighted by molar-refractivity contribution is 0.00578. The molecule has 2 heterocycles. The second kappa shape index (κ2) is 4.47. The van der Waals surface area contributed by atoms with Crippen LogP contribution >= 0.6 is 0 Å². The molecule has 2 fully saturated rings. The third kappa shape index (κ3) is 2.30. The van der Waals surface area contributed by atoms with Crippen LogP contribution in [-0.2, 0) is 14.0 Å². The molecule has 0 N–H and O–H groups in total. The van der Waals surface area contributed by atoms with E-state index in [1.54, 1.807) is 0 Å². The number of hydrogen-bond acceptors (Lipinski definition) is 3. The largest absolute Gasteiger partial charge is 0.494 e. The van der Waals surface area contributed by atoms with E-state index in [1.807, 2.05) is 0 Å². The topological polar surface area (TPSA) is 27.7 Å². The van der Waals surface area contributed by atoms with Crippen molar-refractivity contribution in [2.24, 2.45) is 5.92 Å². The van der Waals surface area contributed by atoms with E-state index in [4.69, 9.17) is 14.0 Å². The third-order valence-corrected chi connectivity index (χ3v) is 4.82. The van der Waals surface area contributed by atoms with Gasteiger partial charge in [0, 0.05) is 12.5 Å². The molecule has 3 rings (SSSR count). The normalized spacial score (nSPS) is 36.0. The summed E-state index contributed by atoms with van der Waals surface area (Å²) in [5.74, 6) is 0.479. The Hall–Kier alpha value is -0.575. The SMILES string of the molecule is CC1(C)OB(C2=CC3CCCOC3C=C2)OC1(C)C.